The minimum Gasteiger partial charge on any atom is -0.383 e. The third-order valence-corrected chi connectivity index (χ3v) is 4.86. The summed E-state index contributed by atoms with van der Waals surface area (Å²) in [5, 5.41) is 2.28. The largest absolute Gasteiger partial charge is 0.383 e. The van der Waals surface area contributed by atoms with E-state index in [0.717, 1.165) is 17.5 Å². The number of anilines is 1. The molecule has 0 amide bonds. The summed E-state index contributed by atoms with van der Waals surface area (Å²) in [4.78, 5) is 4.56. The highest BCUT2D eigenvalue weighted by molar-refractivity contribution is 5.91. The van der Waals surface area contributed by atoms with Crippen molar-refractivity contribution in [2.45, 2.75) is 84.0 Å². The van der Waals surface area contributed by atoms with Gasteiger partial charge in [0.2, 0.25) is 0 Å². The summed E-state index contributed by atoms with van der Waals surface area (Å²) < 4.78 is 0. The highest BCUT2D eigenvalue weighted by atomic mass is 14.8. The summed E-state index contributed by atoms with van der Waals surface area (Å²) in [6.45, 7) is 2.28. The maximum absolute atomic E-state index is 6.07. The molecular formula is C22H34N2. The fourth-order valence-electron chi connectivity index (χ4n) is 3.38. The van der Waals surface area contributed by atoms with Crippen LogP contribution in [0.5, 0.6) is 0 Å². The lowest BCUT2D eigenvalue weighted by Gasteiger charge is -2.06. The highest BCUT2D eigenvalue weighted by Gasteiger charge is 2.03. The van der Waals surface area contributed by atoms with Crippen LogP contribution in [0, 0.1) is 0 Å². The molecule has 0 aliphatic rings. The minimum atomic E-state index is 0.672. The number of aromatic nitrogens is 1. The number of fused-ring (bicyclic) bond motifs is 1. The Kier molecular flexibility index (Phi) is 8.65. The van der Waals surface area contributed by atoms with Gasteiger partial charge in [0.1, 0.15) is 5.82 Å². The van der Waals surface area contributed by atoms with Crippen LogP contribution in [-0.2, 0) is 6.42 Å². The van der Waals surface area contributed by atoms with Crippen molar-refractivity contribution in [3.05, 3.63) is 36.0 Å². The maximum atomic E-state index is 6.07. The summed E-state index contributed by atoms with van der Waals surface area (Å²) in [7, 11) is 0. The molecule has 0 atom stereocenters. The van der Waals surface area contributed by atoms with Gasteiger partial charge in [-0.1, -0.05) is 95.4 Å². The van der Waals surface area contributed by atoms with Gasteiger partial charge in [0.15, 0.2) is 0 Å². The molecule has 1 aromatic heterocycles. The Hall–Kier alpha value is -1.57. The van der Waals surface area contributed by atoms with Crippen LogP contribution in [0.25, 0.3) is 10.8 Å². The Labute approximate surface area is 147 Å². The molecule has 0 saturated heterocycles. The average molecular weight is 327 g/mol. The maximum Gasteiger partial charge on any atom is 0.131 e. The highest BCUT2D eigenvalue weighted by Crippen LogP contribution is 2.21. The van der Waals surface area contributed by atoms with E-state index in [-0.39, 0.29) is 0 Å². The molecule has 1 aromatic carbocycles. The summed E-state index contributed by atoms with van der Waals surface area (Å²) in [5.41, 5.74) is 7.22. The lowest BCUT2D eigenvalue weighted by molar-refractivity contribution is 0.549. The molecule has 132 valence electrons. The summed E-state index contributed by atoms with van der Waals surface area (Å²) in [5.74, 6) is 0.672. The second kappa shape index (κ2) is 11.1. The summed E-state index contributed by atoms with van der Waals surface area (Å²) in [6.07, 6.45) is 16.2. The van der Waals surface area contributed by atoms with Gasteiger partial charge in [-0.15, -0.1) is 0 Å². The van der Waals surface area contributed by atoms with Crippen molar-refractivity contribution in [1.29, 1.82) is 0 Å². The number of hydrogen-bond donors (Lipinski definition) is 1. The molecule has 2 N–H and O–H groups in total. The first kappa shape index (κ1) is 18.8. The van der Waals surface area contributed by atoms with Crippen LogP contribution in [0.2, 0.25) is 0 Å². The fourth-order valence-corrected chi connectivity index (χ4v) is 3.38. The molecule has 2 aromatic rings. The Balaban J connectivity index is 1.56. The van der Waals surface area contributed by atoms with E-state index in [2.05, 4.69) is 30.1 Å². The number of rotatable bonds is 12. The first-order valence-corrected chi connectivity index (χ1v) is 9.95. The molecule has 0 aliphatic carbocycles. The molecule has 0 spiro atoms. The molecule has 0 fully saturated rings. The van der Waals surface area contributed by atoms with Crippen LogP contribution in [0.4, 0.5) is 5.82 Å². The van der Waals surface area contributed by atoms with Crippen molar-refractivity contribution in [3.8, 4) is 0 Å². The van der Waals surface area contributed by atoms with Gasteiger partial charge in [0.05, 0.1) is 0 Å². The molecule has 24 heavy (non-hydrogen) atoms. The van der Waals surface area contributed by atoms with E-state index in [4.69, 9.17) is 5.73 Å². The number of pyridine rings is 1. The molecule has 0 saturated carbocycles. The molecule has 0 aliphatic heterocycles. The second-order valence-electron chi connectivity index (χ2n) is 7.01. The zero-order chi connectivity index (χ0) is 17.0. The van der Waals surface area contributed by atoms with E-state index in [1.165, 1.54) is 76.0 Å². The van der Waals surface area contributed by atoms with Gasteiger partial charge in [0, 0.05) is 11.1 Å². The van der Waals surface area contributed by atoms with Crippen LogP contribution in [0.3, 0.4) is 0 Å². The van der Waals surface area contributed by atoms with E-state index < -0.39 is 0 Å². The molecule has 1 heterocycles. The minimum absolute atomic E-state index is 0.672. The molecule has 0 bridgehead atoms. The molecule has 2 rings (SSSR count). The van der Waals surface area contributed by atoms with Gasteiger partial charge in [-0.2, -0.15) is 0 Å². The first-order valence-electron chi connectivity index (χ1n) is 9.95. The Morgan fingerprint density at radius 3 is 2.04 bits per heavy atom. The first-order chi connectivity index (χ1) is 11.8. The van der Waals surface area contributed by atoms with Crippen molar-refractivity contribution >= 4 is 16.6 Å². The van der Waals surface area contributed by atoms with Crippen LogP contribution in [0.15, 0.2) is 30.3 Å². The number of nitrogens with two attached hydrogens (primary N) is 1. The number of nitrogens with zero attached hydrogens (tertiary/aromatic N) is 1. The van der Waals surface area contributed by atoms with E-state index in [9.17, 15) is 0 Å². The molecule has 0 radical (unpaired) electrons. The summed E-state index contributed by atoms with van der Waals surface area (Å²) in [6, 6.07) is 10.4. The van der Waals surface area contributed by atoms with Gasteiger partial charge in [0.25, 0.3) is 0 Å². The van der Waals surface area contributed by atoms with Crippen molar-refractivity contribution < 1.29 is 0 Å². The SMILES string of the molecule is CCCCCCCCCCCCCc1cc2ccccc2c(N)n1. The number of hydrogen-bond acceptors (Lipinski definition) is 2. The van der Waals surface area contributed by atoms with Gasteiger partial charge in [-0.05, 0) is 24.3 Å². The monoisotopic (exact) mass is 326 g/mol. The number of nitrogen functional groups attached to an aromatic ring is 1. The average Bonchev–Trinajstić information content (AvgIpc) is 2.60. The van der Waals surface area contributed by atoms with Crippen LogP contribution in [0.1, 0.15) is 83.2 Å². The van der Waals surface area contributed by atoms with E-state index in [0.29, 0.717) is 5.82 Å². The van der Waals surface area contributed by atoms with Crippen LogP contribution >= 0.6 is 0 Å². The van der Waals surface area contributed by atoms with Crippen molar-refractivity contribution in [2.24, 2.45) is 0 Å². The predicted molar refractivity (Wildman–Crippen MR) is 106 cm³/mol. The van der Waals surface area contributed by atoms with E-state index in [1.54, 1.807) is 0 Å². The van der Waals surface area contributed by atoms with E-state index in [1.807, 2.05) is 12.1 Å². The Bertz CT molecular complexity index is 592. The van der Waals surface area contributed by atoms with Crippen molar-refractivity contribution in [3.63, 3.8) is 0 Å². The molecular weight excluding hydrogens is 292 g/mol. The number of aryl methyl sites for hydroxylation is 1. The third kappa shape index (κ3) is 6.51. The second-order valence-corrected chi connectivity index (χ2v) is 7.01. The lowest BCUT2D eigenvalue weighted by Crippen LogP contribution is -1.97. The zero-order valence-electron chi connectivity index (χ0n) is 15.4. The number of benzene rings is 1. The topological polar surface area (TPSA) is 38.9 Å². The fraction of sp³-hybridized carbons (Fsp3) is 0.591. The summed E-state index contributed by atoms with van der Waals surface area (Å²) >= 11 is 0. The predicted octanol–water partition coefficient (Wildman–Crippen LogP) is 6.67. The van der Waals surface area contributed by atoms with Gasteiger partial charge < -0.3 is 5.73 Å². The van der Waals surface area contributed by atoms with Crippen molar-refractivity contribution in [1.82, 2.24) is 4.98 Å². The van der Waals surface area contributed by atoms with Crippen LogP contribution in [-0.4, -0.2) is 4.98 Å². The molecule has 0 unspecified atom stereocenters. The molecule has 2 nitrogen and oxygen atoms in total. The quantitative estimate of drug-likeness (QED) is 0.442. The Morgan fingerprint density at radius 1 is 0.792 bits per heavy atom. The van der Waals surface area contributed by atoms with Gasteiger partial charge in [-0.3, -0.25) is 0 Å². The third-order valence-electron chi connectivity index (χ3n) is 4.86. The van der Waals surface area contributed by atoms with Crippen molar-refractivity contribution in [2.75, 3.05) is 5.73 Å². The molecule has 2 heteroatoms. The normalized spacial score (nSPS) is 11.2. The van der Waals surface area contributed by atoms with Gasteiger partial charge in [-0.25, -0.2) is 4.98 Å². The number of unbranched alkanes of at least 4 members (excludes halogenated alkanes) is 10. The van der Waals surface area contributed by atoms with Gasteiger partial charge >= 0.3 is 0 Å². The standard InChI is InChI=1S/C22H34N2/c1-2-3-4-5-6-7-8-9-10-11-12-16-20-18-19-15-13-14-17-21(19)22(23)24-20/h13-15,17-18H,2-12,16H2,1H3,(H2,23,24). The smallest absolute Gasteiger partial charge is 0.131 e. The lowest BCUT2D eigenvalue weighted by atomic mass is 10.0. The van der Waals surface area contributed by atoms with E-state index >= 15 is 0 Å². The zero-order valence-corrected chi connectivity index (χ0v) is 15.4. The Morgan fingerprint density at radius 2 is 1.38 bits per heavy atom. The van der Waals surface area contributed by atoms with Crippen LogP contribution < -0.4 is 5.73 Å².